The summed E-state index contributed by atoms with van der Waals surface area (Å²) in [5.41, 5.74) is 1.32. The predicted molar refractivity (Wildman–Crippen MR) is 90.5 cm³/mol. The molecule has 0 saturated heterocycles. The van der Waals surface area contributed by atoms with Gasteiger partial charge in [0.2, 0.25) is 5.91 Å². The minimum Gasteiger partial charge on any atom is -0.353 e. The average molecular weight is 308 g/mol. The van der Waals surface area contributed by atoms with E-state index in [0.717, 1.165) is 12.8 Å². The lowest BCUT2D eigenvalue weighted by Gasteiger charge is -2.37. The summed E-state index contributed by atoms with van der Waals surface area (Å²) in [5.74, 6) is 2.32. The fourth-order valence-electron chi connectivity index (χ4n) is 3.67. The van der Waals surface area contributed by atoms with Crippen LogP contribution < -0.4 is 5.32 Å². The molecule has 1 fully saturated rings. The van der Waals surface area contributed by atoms with Crippen molar-refractivity contribution in [1.82, 2.24) is 5.32 Å². The van der Waals surface area contributed by atoms with Crippen molar-refractivity contribution in [3.8, 4) is 0 Å². The van der Waals surface area contributed by atoms with E-state index in [4.69, 9.17) is 0 Å². The van der Waals surface area contributed by atoms with Crippen molar-refractivity contribution in [1.29, 1.82) is 0 Å². The zero-order chi connectivity index (χ0) is 15.4. The van der Waals surface area contributed by atoms with Gasteiger partial charge in [0.1, 0.15) is 0 Å². The van der Waals surface area contributed by atoms with E-state index in [-0.39, 0.29) is 17.9 Å². The summed E-state index contributed by atoms with van der Waals surface area (Å²) in [6, 6.07) is 2.37. The van der Waals surface area contributed by atoms with E-state index in [2.05, 4.69) is 49.8 Å². The summed E-state index contributed by atoms with van der Waals surface area (Å²) < 4.78 is 0. The Bertz CT molecular complexity index is 440. The molecule has 2 rings (SSSR count). The molecule has 0 radical (unpaired) electrons. The third kappa shape index (κ3) is 4.57. The Labute approximate surface area is 133 Å². The summed E-state index contributed by atoms with van der Waals surface area (Å²) in [6.07, 6.45) is 4.47. The second-order valence-electron chi connectivity index (χ2n) is 7.18. The summed E-state index contributed by atoms with van der Waals surface area (Å²) in [6.45, 7) is 8.92. The first-order valence-electron chi connectivity index (χ1n) is 8.28. The van der Waals surface area contributed by atoms with Crippen LogP contribution in [0.4, 0.5) is 0 Å². The van der Waals surface area contributed by atoms with E-state index in [1.165, 1.54) is 18.4 Å². The normalized spacial score (nSPS) is 27.6. The van der Waals surface area contributed by atoms with Gasteiger partial charge in [-0.1, -0.05) is 27.2 Å². The maximum absolute atomic E-state index is 12.7. The van der Waals surface area contributed by atoms with Crippen molar-refractivity contribution >= 4 is 17.2 Å². The zero-order valence-electron chi connectivity index (χ0n) is 13.8. The Morgan fingerprint density at radius 1 is 1.38 bits per heavy atom. The Balaban J connectivity index is 1.93. The zero-order valence-corrected chi connectivity index (χ0v) is 14.6. The molecule has 0 spiro atoms. The lowest BCUT2D eigenvalue weighted by atomic mass is 9.69. The maximum Gasteiger partial charge on any atom is 0.223 e. The van der Waals surface area contributed by atoms with Gasteiger partial charge in [-0.25, -0.2) is 0 Å². The van der Waals surface area contributed by atoms with Gasteiger partial charge in [-0.2, -0.15) is 11.3 Å². The van der Waals surface area contributed by atoms with Crippen LogP contribution in [0.25, 0.3) is 0 Å². The van der Waals surface area contributed by atoms with Gasteiger partial charge >= 0.3 is 0 Å². The van der Waals surface area contributed by atoms with Gasteiger partial charge < -0.3 is 5.32 Å². The lowest BCUT2D eigenvalue weighted by Crippen LogP contribution is -2.44. The molecule has 4 unspecified atom stereocenters. The quantitative estimate of drug-likeness (QED) is 0.852. The first kappa shape index (κ1) is 16.5. The van der Waals surface area contributed by atoms with E-state index in [1.807, 2.05) is 0 Å². The van der Waals surface area contributed by atoms with Crippen LogP contribution in [0.1, 0.15) is 52.5 Å². The highest BCUT2D eigenvalue weighted by Gasteiger charge is 2.35. The minimum atomic E-state index is 0.207. The predicted octanol–water partition coefficient (Wildman–Crippen LogP) is 4.50. The van der Waals surface area contributed by atoms with Gasteiger partial charge in [-0.15, -0.1) is 0 Å². The van der Waals surface area contributed by atoms with E-state index < -0.39 is 0 Å². The van der Waals surface area contributed by atoms with Gasteiger partial charge in [0.05, 0.1) is 0 Å². The Morgan fingerprint density at radius 2 is 2.14 bits per heavy atom. The highest BCUT2D eigenvalue weighted by molar-refractivity contribution is 7.07. The standard InChI is InChI=1S/C18H29NOS/c1-12(2)16-6-5-13(3)9-17(16)18(20)19-14(4)10-15-7-8-21-11-15/h7-8,11-14,16-17H,5-6,9-10H2,1-4H3,(H,19,20). The van der Waals surface area contributed by atoms with Crippen molar-refractivity contribution in [3.05, 3.63) is 22.4 Å². The number of hydrogen-bond acceptors (Lipinski definition) is 2. The molecule has 1 heterocycles. The monoisotopic (exact) mass is 307 g/mol. The summed E-state index contributed by atoms with van der Waals surface area (Å²) in [4.78, 5) is 12.7. The number of rotatable bonds is 5. The smallest absolute Gasteiger partial charge is 0.223 e. The molecular formula is C18H29NOS. The molecule has 1 aromatic rings. The molecular weight excluding hydrogens is 278 g/mol. The van der Waals surface area contributed by atoms with Crippen LogP contribution >= 0.6 is 11.3 Å². The Kier molecular flexibility index (Phi) is 5.86. The molecule has 1 aliphatic carbocycles. The largest absolute Gasteiger partial charge is 0.353 e. The third-order valence-electron chi connectivity index (χ3n) is 4.87. The van der Waals surface area contributed by atoms with Crippen LogP contribution in [0, 0.1) is 23.7 Å². The SMILES string of the molecule is CC1CCC(C(C)C)C(C(=O)NC(C)Cc2ccsc2)C1. The Hall–Kier alpha value is -0.830. The average Bonchev–Trinajstić information content (AvgIpc) is 2.90. The molecule has 0 bridgehead atoms. The Morgan fingerprint density at radius 3 is 2.76 bits per heavy atom. The summed E-state index contributed by atoms with van der Waals surface area (Å²) in [7, 11) is 0. The van der Waals surface area contributed by atoms with Gasteiger partial charge in [-0.05, 0) is 66.3 Å². The first-order valence-corrected chi connectivity index (χ1v) is 9.23. The highest BCUT2D eigenvalue weighted by atomic mass is 32.1. The molecule has 2 nitrogen and oxygen atoms in total. The van der Waals surface area contributed by atoms with Crippen molar-refractivity contribution in [3.63, 3.8) is 0 Å². The molecule has 4 atom stereocenters. The van der Waals surface area contributed by atoms with Gasteiger partial charge in [0.25, 0.3) is 0 Å². The highest BCUT2D eigenvalue weighted by Crippen LogP contribution is 2.38. The summed E-state index contributed by atoms with van der Waals surface area (Å²) >= 11 is 1.72. The van der Waals surface area contributed by atoms with Crippen LogP contribution in [0.3, 0.4) is 0 Å². The second kappa shape index (κ2) is 7.44. The molecule has 1 aromatic heterocycles. The second-order valence-corrected chi connectivity index (χ2v) is 7.96. The van der Waals surface area contributed by atoms with Crippen LogP contribution in [0.15, 0.2) is 16.8 Å². The van der Waals surface area contributed by atoms with Crippen molar-refractivity contribution in [2.45, 2.75) is 59.4 Å². The minimum absolute atomic E-state index is 0.207. The number of carbonyl (C=O) groups excluding carboxylic acids is 1. The topological polar surface area (TPSA) is 29.1 Å². The van der Waals surface area contributed by atoms with Crippen molar-refractivity contribution in [2.24, 2.45) is 23.7 Å². The summed E-state index contributed by atoms with van der Waals surface area (Å²) in [5, 5.41) is 7.53. The molecule has 118 valence electrons. The van der Waals surface area contributed by atoms with Crippen LogP contribution in [-0.4, -0.2) is 11.9 Å². The van der Waals surface area contributed by atoms with Crippen molar-refractivity contribution in [2.75, 3.05) is 0 Å². The number of amides is 1. The van der Waals surface area contributed by atoms with Gasteiger partial charge in [0.15, 0.2) is 0 Å². The number of thiophene rings is 1. The fourth-order valence-corrected chi connectivity index (χ4v) is 4.35. The molecule has 3 heteroatoms. The lowest BCUT2D eigenvalue weighted by molar-refractivity contribution is -0.129. The van der Waals surface area contributed by atoms with Crippen LogP contribution in [0.5, 0.6) is 0 Å². The van der Waals surface area contributed by atoms with E-state index >= 15 is 0 Å². The van der Waals surface area contributed by atoms with Gasteiger partial charge in [0, 0.05) is 12.0 Å². The molecule has 0 aliphatic heterocycles. The van der Waals surface area contributed by atoms with Gasteiger partial charge in [-0.3, -0.25) is 4.79 Å². The maximum atomic E-state index is 12.7. The van der Waals surface area contributed by atoms with Crippen LogP contribution in [-0.2, 0) is 11.2 Å². The van der Waals surface area contributed by atoms with E-state index in [1.54, 1.807) is 11.3 Å². The van der Waals surface area contributed by atoms with Crippen molar-refractivity contribution < 1.29 is 4.79 Å². The molecule has 1 saturated carbocycles. The number of nitrogens with one attached hydrogen (secondary N) is 1. The number of hydrogen-bond donors (Lipinski definition) is 1. The molecule has 1 aliphatic rings. The first-order chi connectivity index (χ1) is 9.97. The van der Waals surface area contributed by atoms with E-state index in [0.29, 0.717) is 17.8 Å². The number of carbonyl (C=O) groups is 1. The fraction of sp³-hybridized carbons (Fsp3) is 0.722. The third-order valence-corrected chi connectivity index (χ3v) is 5.60. The van der Waals surface area contributed by atoms with Crippen LogP contribution in [0.2, 0.25) is 0 Å². The molecule has 1 N–H and O–H groups in total. The van der Waals surface area contributed by atoms with E-state index in [9.17, 15) is 4.79 Å². The molecule has 0 aromatic carbocycles. The molecule has 21 heavy (non-hydrogen) atoms. The molecule has 1 amide bonds.